The largest absolute Gasteiger partial charge is 0.508 e. The molecule has 0 radical (unpaired) electrons. The molecule has 2 aromatic rings. The molecule has 0 amide bonds. The van der Waals surface area contributed by atoms with Gasteiger partial charge in [0, 0.05) is 4.90 Å². The fourth-order valence-electron chi connectivity index (χ4n) is 1.01. The van der Waals surface area contributed by atoms with Crippen LogP contribution in [0.5, 0.6) is 5.75 Å². The zero-order chi connectivity index (χ0) is 10.7. The van der Waals surface area contributed by atoms with Gasteiger partial charge in [-0.25, -0.2) is 9.97 Å². The van der Waals surface area contributed by atoms with E-state index in [4.69, 9.17) is 11.6 Å². The summed E-state index contributed by atoms with van der Waals surface area (Å²) in [6.07, 6.45) is 3.08. The zero-order valence-electron chi connectivity index (χ0n) is 7.59. The highest BCUT2D eigenvalue weighted by atomic mass is 35.5. The van der Waals surface area contributed by atoms with Crippen LogP contribution in [-0.4, -0.2) is 15.1 Å². The molecule has 1 N–H and O–H groups in total. The van der Waals surface area contributed by atoms with Crippen LogP contribution in [0.1, 0.15) is 0 Å². The maximum absolute atomic E-state index is 9.26. The summed E-state index contributed by atoms with van der Waals surface area (Å²) in [5.74, 6) is 0.231. The van der Waals surface area contributed by atoms with Crippen molar-refractivity contribution in [3.05, 3.63) is 41.7 Å². The topological polar surface area (TPSA) is 46.0 Å². The standard InChI is InChI=1S/C10H7ClN2OS/c11-7-5-12-10(13-6-7)15-9-3-1-2-8(14)4-9/h1-6,14H. The van der Waals surface area contributed by atoms with Crippen LogP contribution in [0.25, 0.3) is 0 Å². The van der Waals surface area contributed by atoms with E-state index in [0.29, 0.717) is 10.2 Å². The first kappa shape index (κ1) is 10.3. The zero-order valence-corrected chi connectivity index (χ0v) is 9.16. The van der Waals surface area contributed by atoms with E-state index in [9.17, 15) is 5.11 Å². The number of nitrogens with zero attached hydrogens (tertiary/aromatic N) is 2. The number of aromatic hydroxyl groups is 1. The molecule has 0 spiro atoms. The van der Waals surface area contributed by atoms with E-state index in [1.165, 1.54) is 11.8 Å². The maximum Gasteiger partial charge on any atom is 0.192 e. The van der Waals surface area contributed by atoms with Gasteiger partial charge >= 0.3 is 0 Å². The lowest BCUT2D eigenvalue weighted by molar-refractivity contribution is 0.474. The Hall–Kier alpha value is -1.26. The predicted octanol–water partition coefficient (Wildman–Crippen LogP) is 2.99. The van der Waals surface area contributed by atoms with Crippen molar-refractivity contribution in [2.24, 2.45) is 0 Å². The molecule has 5 heteroatoms. The van der Waals surface area contributed by atoms with E-state index in [2.05, 4.69) is 9.97 Å². The second-order valence-electron chi connectivity index (χ2n) is 2.78. The molecule has 0 fully saturated rings. The van der Waals surface area contributed by atoms with Crippen molar-refractivity contribution in [2.45, 2.75) is 10.1 Å². The monoisotopic (exact) mass is 238 g/mol. The van der Waals surface area contributed by atoms with Crippen molar-refractivity contribution in [1.29, 1.82) is 0 Å². The number of hydrogen-bond donors (Lipinski definition) is 1. The molecule has 0 unspecified atom stereocenters. The summed E-state index contributed by atoms with van der Waals surface area (Å²) in [7, 11) is 0. The lowest BCUT2D eigenvalue weighted by atomic mass is 10.3. The molecule has 1 heterocycles. The van der Waals surface area contributed by atoms with Crippen LogP contribution < -0.4 is 0 Å². The number of halogens is 1. The minimum absolute atomic E-state index is 0.231. The van der Waals surface area contributed by atoms with Crippen molar-refractivity contribution in [1.82, 2.24) is 9.97 Å². The molecule has 0 aliphatic heterocycles. The molecule has 0 aliphatic carbocycles. The molecule has 3 nitrogen and oxygen atoms in total. The first-order valence-corrected chi connectivity index (χ1v) is 5.38. The Morgan fingerprint density at radius 1 is 1.20 bits per heavy atom. The Morgan fingerprint density at radius 2 is 1.93 bits per heavy atom. The summed E-state index contributed by atoms with van der Waals surface area (Å²) in [5.41, 5.74) is 0. The first-order valence-electron chi connectivity index (χ1n) is 4.18. The molecule has 0 aliphatic rings. The van der Waals surface area contributed by atoms with Crippen molar-refractivity contribution >= 4 is 23.4 Å². The summed E-state index contributed by atoms with van der Waals surface area (Å²) in [6.45, 7) is 0. The Bertz CT molecular complexity index is 461. The smallest absolute Gasteiger partial charge is 0.192 e. The Morgan fingerprint density at radius 3 is 2.60 bits per heavy atom. The third-order valence-corrected chi connectivity index (χ3v) is 2.70. The molecule has 0 bridgehead atoms. The number of phenolic OH excluding ortho intramolecular Hbond substituents is 1. The molecule has 15 heavy (non-hydrogen) atoms. The van der Waals surface area contributed by atoms with Gasteiger partial charge < -0.3 is 5.11 Å². The van der Waals surface area contributed by atoms with E-state index in [-0.39, 0.29) is 5.75 Å². The fraction of sp³-hybridized carbons (Fsp3) is 0. The minimum Gasteiger partial charge on any atom is -0.508 e. The summed E-state index contributed by atoms with van der Waals surface area (Å²) in [6, 6.07) is 6.92. The van der Waals surface area contributed by atoms with Gasteiger partial charge in [0.2, 0.25) is 0 Å². The molecule has 1 aromatic heterocycles. The highest BCUT2D eigenvalue weighted by Crippen LogP contribution is 2.26. The van der Waals surface area contributed by atoms with E-state index in [1.807, 2.05) is 6.07 Å². The SMILES string of the molecule is Oc1cccc(Sc2ncc(Cl)cn2)c1. The highest BCUT2D eigenvalue weighted by Gasteiger charge is 2.00. The van der Waals surface area contributed by atoms with E-state index < -0.39 is 0 Å². The summed E-state index contributed by atoms with van der Waals surface area (Å²) >= 11 is 7.04. The second-order valence-corrected chi connectivity index (χ2v) is 4.26. The maximum atomic E-state index is 9.26. The van der Waals surface area contributed by atoms with E-state index >= 15 is 0 Å². The van der Waals surface area contributed by atoms with Gasteiger partial charge in [0.25, 0.3) is 0 Å². The third-order valence-electron chi connectivity index (χ3n) is 1.62. The molecule has 76 valence electrons. The van der Waals surface area contributed by atoms with Crippen LogP contribution in [0.3, 0.4) is 0 Å². The second kappa shape index (κ2) is 4.51. The van der Waals surface area contributed by atoms with Crippen LogP contribution in [0.15, 0.2) is 46.7 Å². The molecule has 2 rings (SSSR count). The minimum atomic E-state index is 0.231. The van der Waals surface area contributed by atoms with Crippen molar-refractivity contribution < 1.29 is 5.11 Å². The van der Waals surface area contributed by atoms with Gasteiger partial charge in [-0.05, 0) is 30.0 Å². The number of hydrogen-bond acceptors (Lipinski definition) is 4. The van der Waals surface area contributed by atoms with Gasteiger partial charge in [0.15, 0.2) is 5.16 Å². The van der Waals surface area contributed by atoms with Crippen LogP contribution >= 0.6 is 23.4 Å². The lowest BCUT2D eigenvalue weighted by Gasteiger charge is -2.00. The first-order chi connectivity index (χ1) is 7.24. The third kappa shape index (κ3) is 2.84. The fourth-order valence-corrected chi connectivity index (χ4v) is 1.85. The van der Waals surface area contributed by atoms with Crippen LogP contribution in [-0.2, 0) is 0 Å². The van der Waals surface area contributed by atoms with Gasteiger partial charge in [-0.1, -0.05) is 17.7 Å². The molecule has 0 saturated heterocycles. The van der Waals surface area contributed by atoms with E-state index in [0.717, 1.165) is 4.90 Å². The summed E-state index contributed by atoms with van der Waals surface area (Å²) in [4.78, 5) is 8.97. The molecular formula is C10H7ClN2OS. The van der Waals surface area contributed by atoms with Crippen LogP contribution in [0, 0.1) is 0 Å². The summed E-state index contributed by atoms with van der Waals surface area (Å²) in [5, 5.41) is 10.4. The normalized spacial score (nSPS) is 10.2. The number of aromatic nitrogens is 2. The highest BCUT2D eigenvalue weighted by molar-refractivity contribution is 7.99. The average molecular weight is 239 g/mol. The van der Waals surface area contributed by atoms with Gasteiger partial charge in [0.05, 0.1) is 17.4 Å². The quantitative estimate of drug-likeness (QED) is 0.817. The molecular weight excluding hydrogens is 232 g/mol. The molecule has 0 saturated carbocycles. The Kier molecular flexibility index (Phi) is 3.08. The average Bonchev–Trinajstić information content (AvgIpc) is 2.22. The Labute approximate surface area is 96.1 Å². The van der Waals surface area contributed by atoms with Crippen molar-refractivity contribution in [3.63, 3.8) is 0 Å². The number of phenols is 1. The molecule has 1 aromatic carbocycles. The van der Waals surface area contributed by atoms with Gasteiger partial charge in [-0.2, -0.15) is 0 Å². The van der Waals surface area contributed by atoms with Crippen molar-refractivity contribution in [2.75, 3.05) is 0 Å². The van der Waals surface area contributed by atoms with Crippen LogP contribution in [0.2, 0.25) is 5.02 Å². The lowest BCUT2D eigenvalue weighted by Crippen LogP contribution is -1.84. The number of rotatable bonds is 2. The summed E-state index contributed by atoms with van der Waals surface area (Å²) < 4.78 is 0. The number of benzene rings is 1. The Balaban J connectivity index is 2.18. The molecule has 0 atom stereocenters. The van der Waals surface area contributed by atoms with Gasteiger partial charge in [0.1, 0.15) is 5.75 Å². The van der Waals surface area contributed by atoms with Gasteiger partial charge in [-0.3, -0.25) is 0 Å². The van der Waals surface area contributed by atoms with E-state index in [1.54, 1.807) is 30.6 Å². The van der Waals surface area contributed by atoms with Gasteiger partial charge in [-0.15, -0.1) is 0 Å². The van der Waals surface area contributed by atoms with Crippen molar-refractivity contribution in [3.8, 4) is 5.75 Å². The van der Waals surface area contributed by atoms with Crippen LogP contribution in [0.4, 0.5) is 0 Å². The predicted molar refractivity (Wildman–Crippen MR) is 59.3 cm³/mol.